The number of hydrogen-bond donors (Lipinski definition) is 1. The van der Waals surface area contributed by atoms with Gasteiger partial charge < -0.3 is 10.1 Å². The maximum Gasteiger partial charge on any atom is 0.265 e. The molecule has 0 aliphatic heterocycles. The van der Waals surface area contributed by atoms with Gasteiger partial charge in [-0.1, -0.05) is 30.7 Å². The molecule has 1 atom stereocenters. The standard InChI is InChI=1S/C18H20ClNO2/c1-4-17(22-16-7-5-6-14(19)11-16)18(21)20-15-9-8-12(2)13(3)10-15/h5-11,17H,4H2,1-3H3,(H,20,21)/t17-/m0/s1. The van der Waals surface area contributed by atoms with Gasteiger partial charge in [-0.3, -0.25) is 4.79 Å². The van der Waals surface area contributed by atoms with E-state index in [2.05, 4.69) is 5.32 Å². The van der Waals surface area contributed by atoms with Gasteiger partial charge in [0, 0.05) is 10.7 Å². The minimum absolute atomic E-state index is 0.161. The molecule has 4 heteroatoms. The highest BCUT2D eigenvalue weighted by Crippen LogP contribution is 2.20. The Kier molecular flexibility index (Phi) is 5.45. The number of benzene rings is 2. The maximum atomic E-state index is 12.4. The van der Waals surface area contributed by atoms with E-state index in [9.17, 15) is 4.79 Å². The number of hydrogen-bond acceptors (Lipinski definition) is 2. The zero-order chi connectivity index (χ0) is 16.1. The second-order valence-corrected chi connectivity index (χ2v) is 5.70. The minimum Gasteiger partial charge on any atom is -0.481 e. The number of ether oxygens (including phenoxy) is 1. The van der Waals surface area contributed by atoms with Crippen LogP contribution >= 0.6 is 11.6 Å². The van der Waals surface area contributed by atoms with Crippen molar-refractivity contribution >= 4 is 23.2 Å². The number of amides is 1. The summed E-state index contributed by atoms with van der Waals surface area (Å²) < 4.78 is 5.74. The molecule has 2 rings (SSSR count). The van der Waals surface area contributed by atoms with E-state index in [0.717, 1.165) is 11.3 Å². The van der Waals surface area contributed by atoms with E-state index in [1.165, 1.54) is 5.56 Å². The van der Waals surface area contributed by atoms with Crippen LogP contribution in [-0.4, -0.2) is 12.0 Å². The van der Waals surface area contributed by atoms with Crippen LogP contribution in [0.1, 0.15) is 24.5 Å². The Morgan fingerprint density at radius 1 is 1.18 bits per heavy atom. The molecular weight excluding hydrogens is 298 g/mol. The number of nitrogens with one attached hydrogen (secondary N) is 1. The van der Waals surface area contributed by atoms with Crippen molar-refractivity contribution in [1.82, 2.24) is 0 Å². The van der Waals surface area contributed by atoms with Gasteiger partial charge in [0.15, 0.2) is 6.10 Å². The van der Waals surface area contributed by atoms with Crippen molar-refractivity contribution in [3.05, 3.63) is 58.6 Å². The van der Waals surface area contributed by atoms with Crippen molar-refractivity contribution in [2.24, 2.45) is 0 Å². The van der Waals surface area contributed by atoms with E-state index in [4.69, 9.17) is 16.3 Å². The molecule has 0 saturated carbocycles. The highest BCUT2D eigenvalue weighted by Gasteiger charge is 2.18. The van der Waals surface area contributed by atoms with Gasteiger partial charge in [0.05, 0.1) is 0 Å². The summed E-state index contributed by atoms with van der Waals surface area (Å²) in [6, 6.07) is 12.9. The molecule has 3 nitrogen and oxygen atoms in total. The largest absolute Gasteiger partial charge is 0.481 e. The molecule has 0 radical (unpaired) electrons. The van der Waals surface area contributed by atoms with Crippen LogP contribution in [0.5, 0.6) is 5.75 Å². The predicted octanol–water partition coefficient (Wildman–Crippen LogP) is 4.75. The van der Waals surface area contributed by atoms with E-state index >= 15 is 0 Å². The van der Waals surface area contributed by atoms with Crippen molar-refractivity contribution in [3.63, 3.8) is 0 Å². The van der Waals surface area contributed by atoms with E-state index in [1.807, 2.05) is 39.0 Å². The summed E-state index contributed by atoms with van der Waals surface area (Å²) >= 11 is 5.93. The summed E-state index contributed by atoms with van der Waals surface area (Å²) in [6.07, 6.45) is 0.0171. The highest BCUT2D eigenvalue weighted by atomic mass is 35.5. The van der Waals surface area contributed by atoms with Crippen LogP contribution in [0, 0.1) is 13.8 Å². The van der Waals surface area contributed by atoms with E-state index in [0.29, 0.717) is 17.2 Å². The molecule has 2 aromatic rings. The summed E-state index contributed by atoms with van der Waals surface area (Å²) in [4.78, 5) is 12.4. The summed E-state index contributed by atoms with van der Waals surface area (Å²) in [5, 5.41) is 3.48. The summed E-state index contributed by atoms with van der Waals surface area (Å²) in [6.45, 7) is 5.97. The smallest absolute Gasteiger partial charge is 0.265 e. The lowest BCUT2D eigenvalue weighted by Gasteiger charge is -2.18. The first kappa shape index (κ1) is 16.4. The van der Waals surface area contributed by atoms with Gasteiger partial charge in [-0.2, -0.15) is 0 Å². The Hall–Kier alpha value is -2.00. The fourth-order valence-corrected chi connectivity index (χ4v) is 2.25. The molecule has 2 aromatic carbocycles. The molecule has 1 N–H and O–H groups in total. The number of aryl methyl sites for hydroxylation is 2. The lowest BCUT2D eigenvalue weighted by molar-refractivity contribution is -0.122. The molecule has 0 bridgehead atoms. The summed E-state index contributed by atoms with van der Waals surface area (Å²) in [7, 11) is 0. The predicted molar refractivity (Wildman–Crippen MR) is 90.7 cm³/mol. The number of anilines is 1. The molecule has 0 aliphatic rings. The Morgan fingerprint density at radius 2 is 1.95 bits per heavy atom. The van der Waals surface area contributed by atoms with Crippen molar-refractivity contribution in [1.29, 1.82) is 0 Å². The van der Waals surface area contributed by atoms with Gasteiger partial charge in [-0.15, -0.1) is 0 Å². The minimum atomic E-state index is -0.555. The van der Waals surface area contributed by atoms with Gasteiger partial charge in [0.25, 0.3) is 5.91 Å². The normalized spacial score (nSPS) is 11.8. The van der Waals surface area contributed by atoms with Gasteiger partial charge >= 0.3 is 0 Å². The second kappa shape index (κ2) is 7.32. The molecular formula is C18H20ClNO2. The quantitative estimate of drug-likeness (QED) is 0.864. The summed E-state index contributed by atoms with van der Waals surface area (Å²) in [5.74, 6) is 0.431. The van der Waals surface area contributed by atoms with Crippen LogP contribution < -0.4 is 10.1 Å². The van der Waals surface area contributed by atoms with Crippen molar-refractivity contribution < 1.29 is 9.53 Å². The first-order chi connectivity index (χ1) is 10.5. The average Bonchev–Trinajstić information content (AvgIpc) is 2.48. The Morgan fingerprint density at radius 3 is 2.59 bits per heavy atom. The van der Waals surface area contributed by atoms with Crippen LogP contribution in [-0.2, 0) is 4.79 Å². The molecule has 0 aliphatic carbocycles. The maximum absolute atomic E-state index is 12.4. The van der Waals surface area contributed by atoms with Crippen LogP contribution in [0.25, 0.3) is 0 Å². The number of carbonyl (C=O) groups is 1. The van der Waals surface area contributed by atoms with Crippen LogP contribution in [0.4, 0.5) is 5.69 Å². The van der Waals surface area contributed by atoms with Gasteiger partial charge in [0.2, 0.25) is 0 Å². The van der Waals surface area contributed by atoms with Gasteiger partial charge in [0.1, 0.15) is 5.75 Å². The molecule has 0 heterocycles. The lowest BCUT2D eigenvalue weighted by atomic mass is 10.1. The zero-order valence-electron chi connectivity index (χ0n) is 13.0. The Balaban J connectivity index is 2.06. The molecule has 0 saturated heterocycles. The first-order valence-electron chi connectivity index (χ1n) is 7.30. The molecule has 1 amide bonds. The van der Waals surface area contributed by atoms with E-state index in [1.54, 1.807) is 24.3 Å². The second-order valence-electron chi connectivity index (χ2n) is 5.26. The van der Waals surface area contributed by atoms with Crippen LogP contribution in [0.2, 0.25) is 5.02 Å². The molecule has 116 valence electrons. The third-order valence-corrected chi connectivity index (χ3v) is 3.75. The lowest BCUT2D eigenvalue weighted by Crippen LogP contribution is -2.32. The molecule has 0 spiro atoms. The number of rotatable bonds is 5. The van der Waals surface area contributed by atoms with Gasteiger partial charge in [-0.25, -0.2) is 0 Å². The van der Waals surface area contributed by atoms with E-state index < -0.39 is 6.10 Å². The Labute approximate surface area is 136 Å². The molecule has 22 heavy (non-hydrogen) atoms. The van der Waals surface area contributed by atoms with Gasteiger partial charge in [-0.05, 0) is 61.7 Å². The van der Waals surface area contributed by atoms with Crippen LogP contribution in [0.3, 0.4) is 0 Å². The monoisotopic (exact) mass is 317 g/mol. The fourth-order valence-electron chi connectivity index (χ4n) is 2.07. The topological polar surface area (TPSA) is 38.3 Å². The molecule has 0 aromatic heterocycles. The van der Waals surface area contributed by atoms with Crippen molar-refractivity contribution in [3.8, 4) is 5.75 Å². The number of carbonyl (C=O) groups excluding carboxylic acids is 1. The van der Waals surface area contributed by atoms with Crippen molar-refractivity contribution in [2.75, 3.05) is 5.32 Å². The number of halogens is 1. The fraction of sp³-hybridized carbons (Fsp3) is 0.278. The van der Waals surface area contributed by atoms with E-state index in [-0.39, 0.29) is 5.91 Å². The highest BCUT2D eigenvalue weighted by molar-refractivity contribution is 6.30. The average molecular weight is 318 g/mol. The zero-order valence-corrected chi connectivity index (χ0v) is 13.8. The third kappa shape index (κ3) is 4.25. The summed E-state index contributed by atoms with van der Waals surface area (Å²) in [5.41, 5.74) is 3.11. The SMILES string of the molecule is CC[C@H](Oc1cccc(Cl)c1)C(=O)Nc1ccc(C)c(C)c1. The first-order valence-corrected chi connectivity index (χ1v) is 7.67. The third-order valence-electron chi connectivity index (χ3n) is 3.51. The van der Waals surface area contributed by atoms with Crippen LogP contribution in [0.15, 0.2) is 42.5 Å². The Bertz CT molecular complexity index is 670. The molecule has 0 fully saturated rings. The van der Waals surface area contributed by atoms with Crippen molar-refractivity contribution in [2.45, 2.75) is 33.3 Å². The molecule has 0 unspecified atom stereocenters.